The summed E-state index contributed by atoms with van der Waals surface area (Å²) in [5.41, 5.74) is 7.69. The molecule has 0 bridgehead atoms. The molecule has 1 saturated heterocycles. The molecule has 3 heterocycles. The lowest BCUT2D eigenvalue weighted by atomic mass is 9.64. The van der Waals surface area contributed by atoms with E-state index in [2.05, 4.69) is 53.0 Å². The summed E-state index contributed by atoms with van der Waals surface area (Å²) >= 11 is 0. The molecule has 0 radical (unpaired) electrons. The second-order valence-corrected chi connectivity index (χ2v) is 10.9. The van der Waals surface area contributed by atoms with Crippen molar-refractivity contribution in [2.45, 2.75) is 58.5 Å². The van der Waals surface area contributed by atoms with Crippen molar-refractivity contribution in [1.82, 2.24) is 25.3 Å². The molecule has 4 N–H and O–H groups in total. The van der Waals surface area contributed by atoms with Gasteiger partial charge in [-0.2, -0.15) is 5.10 Å². The van der Waals surface area contributed by atoms with Gasteiger partial charge in [-0.3, -0.25) is 14.3 Å². The number of benzene rings is 1. The summed E-state index contributed by atoms with van der Waals surface area (Å²) in [5, 5.41) is 26.4. The number of piperidine rings is 1. The Morgan fingerprint density at radius 2 is 2.00 bits per heavy atom. The predicted octanol–water partition coefficient (Wildman–Crippen LogP) is 4.16. The zero-order valence-electron chi connectivity index (χ0n) is 22.6. The lowest BCUT2D eigenvalue weighted by Crippen LogP contribution is -2.68. The number of carbonyl (C=O) groups excluding carboxylic acids is 1. The number of H-pyrrole nitrogens is 1. The summed E-state index contributed by atoms with van der Waals surface area (Å²) in [6, 6.07) is 9.09. The summed E-state index contributed by atoms with van der Waals surface area (Å²) in [5.74, 6) is 0.798. The molecule has 1 amide bonds. The molecule has 1 aliphatic rings. The number of amides is 1. The van der Waals surface area contributed by atoms with Gasteiger partial charge in [0.05, 0.1) is 18.6 Å². The number of likely N-dealkylation sites (tertiary alicyclic amines) is 1. The van der Waals surface area contributed by atoms with Gasteiger partial charge >= 0.3 is 0 Å². The molecule has 10 heteroatoms. The van der Waals surface area contributed by atoms with Crippen molar-refractivity contribution in [2.75, 3.05) is 31.2 Å². The highest BCUT2D eigenvalue weighted by atomic mass is 19.1. The van der Waals surface area contributed by atoms with Gasteiger partial charge < -0.3 is 20.6 Å². The lowest BCUT2D eigenvalue weighted by molar-refractivity contribution is -0.147. The summed E-state index contributed by atoms with van der Waals surface area (Å²) in [6.07, 6.45) is 4.85. The Balaban J connectivity index is 1.61. The quantitative estimate of drug-likeness (QED) is 0.385. The average molecular weight is 524 g/mol. The number of nitrogens with zero attached hydrogens (tertiary/aromatic N) is 5. The highest BCUT2D eigenvalue weighted by molar-refractivity contribution is 5.77. The number of halogens is 1. The number of hydrogen-bond donors (Lipinski definition) is 3. The number of nitrogens with one attached hydrogen (secondary N) is 1. The molecule has 1 aromatic carbocycles. The van der Waals surface area contributed by atoms with Gasteiger partial charge in [-0.05, 0) is 56.5 Å². The van der Waals surface area contributed by atoms with E-state index in [0.29, 0.717) is 49.6 Å². The van der Waals surface area contributed by atoms with Crippen LogP contribution in [0.3, 0.4) is 0 Å². The predicted molar refractivity (Wildman–Crippen MR) is 146 cm³/mol. The van der Waals surface area contributed by atoms with E-state index in [0.717, 1.165) is 17.5 Å². The molecule has 0 aliphatic carbocycles. The summed E-state index contributed by atoms with van der Waals surface area (Å²) in [7, 11) is 0. The number of nitrogens with two attached hydrogens (primary N) is 1. The molecule has 9 nitrogen and oxygen atoms in total. The van der Waals surface area contributed by atoms with E-state index < -0.39 is 12.2 Å². The third kappa shape index (κ3) is 5.09. The molecule has 0 spiro atoms. The number of alkyl halides is 1. The number of aromatic amines is 1. The van der Waals surface area contributed by atoms with Crippen LogP contribution in [0.4, 0.5) is 10.2 Å². The van der Waals surface area contributed by atoms with Crippen molar-refractivity contribution in [3.05, 3.63) is 42.7 Å². The topological polar surface area (TPSA) is 124 Å². The van der Waals surface area contributed by atoms with Crippen molar-refractivity contribution in [1.29, 1.82) is 0 Å². The maximum absolute atomic E-state index is 13.3. The van der Waals surface area contributed by atoms with E-state index in [9.17, 15) is 14.3 Å². The zero-order chi connectivity index (χ0) is 27.5. The van der Waals surface area contributed by atoms with E-state index in [-0.39, 0.29) is 23.1 Å². The van der Waals surface area contributed by atoms with Crippen LogP contribution in [0.5, 0.6) is 5.75 Å². The minimum absolute atomic E-state index is 0.00812. The first kappa shape index (κ1) is 27.5. The number of anilines is 1. The maximum atomic E-state index is 13.3. The van der Waals surface area contributed by atoms with Gasteiger partial charge in [-0.1, -0.05) is 19.9 Å². The molecule has 2 aromatic heterocycles. The third-order valence-electron chi connectivity index (χ3n) is 8.33. The van der Waals surface area contributed by atoms with Crippen molar-refractivity contribution in [2.24, 2.45) is 11.1 Å². The maximum Gasteiger partial charge on any atom is 0.224 e. The number of aromatic hydroxyl groups is 1. The van der Waals surface area contributed by atoms with Gasteiger partial charge in [0, 0.05) is 60.4 Å². The van der Waals surface area contributed by atoms with Crippen molar-refractivity contribution < 1.29 is 14.3 Å². The van der Waals surface area contributed by atoms with Gasteiger partial charge in [0.1, 0.15) is 5.75 Å². The standard InChI is InChI=1S/C28H38FN7O2/c1-27(2)24(11-15-36(28(27,3)4)26(38)10-13-30)35(14-5-12-29)25-9-8-22(33-34-25)21-7-6-19(16-23(21)37)20-17-31-32-18-20/h6-9,16-18,24,37H,5,10-15,30H2,1-4H3,(H,31,32). The van der Waals surface area contributed by atoms with Gasteiger partial charge in [0.15, 0.2) is 5.82 Å². The molecule has 1 unspecified atom stereocenters. The van der Waals surface area contributed by atoms with Crippen LogP contribution in [0, 0.1) is 5.41 Å². The van der Waals surface area contributed by atoms with E-state index >= 15 is 0 Å². The Labute approximate surface area is 223 Å². The average Bonchev–Trinajstić information content (AvgIpc) is 3.42. The Morgan fingerprint density at radius 1 is 1.21 bits per heavy atom. The van der Waals surface area contributed by atoms with Crippen molar-refractivity contribution in [3.63, 3.8) is 0 Å². The first-order chi connectivity index (χ1) is 18.1. The number of aromatic nitrogens is 4. The minimum atomic E-state index is -0.452. The largest absolute Gasteiger partial charge is 0.507 e. The van der Waals surface area contributed by atoms with E-state index in [1.165, 1.54) is 0 Å². The molecule has 1 atom stereocenters. The molecule has 204 valence electrons. The smallest absolute Gasteiger partial charge is 0.224 e. The van der Waals surface area contributed by atoms with Crippen LogP contribution < -0.4 is 10.6 Å². The van der Waals surface area contributed by atoms with Crippen LogP contribution in [-0.4, -0.2) is 74.2 Å². The second-order valence-electron chi connectivity index (χ2n) is 10.9. The Hall–Kier alpha value is -3.53. The highest BCUT2D eigenvalue weighted by Crippen LogP contribution is 2.47. The first-order valence-corrected chi connectivity index (χ1v) is 13.1. The Morgan fingerprint density at radius 3 is 2.61 bits per heavy atom. The molecule has 4 rings (SSSR count). The Kier molecular flexibility index (Phi) is 8.01. The summed E-state index contributed by atoms with van der Waals surface area (Å²) in [4.78, 5) is 16.9. The number of carbonyl (C=O) groups is 1. The monoisotopic (exact) mass is 523 g/mol. The second kappa shape index (κ2) is 11.1. The van der Waals surface area contributed by atoms with E-state index in [4.69, 9.17) is 5.73 Å². The van der Waals surface area contributed by atoms with Crippen LogP contribution in [0.25, 0.3) is 22.4 Å². The molecule has 1 fully saturated rings. The highest BCUT2D eigenvalue weighted by Gasteiger charge is 2.53. The zero-order valence-corrected chi connectivity index (χ0v) is 22.6. The molecule has 0 saturated carbocycles. The molecular formula is C28H38FN7O2. The minimum Gasteiger partial charge on any atom is -0.507 e. The lowest BCUT2D eigenvalue weighted by Gasteiger charge is -2.59. The van der Waals surface area contributed by atoms with E-state index in [1.54, 1.807) is 18.5 Å². The van der Waals surface area contributed by atoms with Crippen molar-refractivity contribution in [3.8, 4) is 28.1 Å². The summed E-state index contributed by atoms with van der Waals surface area (Å²) in [6.45, 7) is 9.45. The fraction of sp³-hybridized carbons (Fsp3) is 0.500. The van der Waals surface area contributed by atoms with Crippen LogP contribution >= 0.6 is 0 Å². The van der Waals surface area contributed by atoms with Crippen molar-refractivity contribution >= 4 is 11.7 Å². The fourth-order valence-corrected chi connectivity index (χ4v) is 5.51. The molecule has 3 aromatic rings. The number of phenolic OH excluding ortho intramolecular Hbond substituents is 1. The van der Waals surface area contributed by atoms with Crippen LogP contribution in [0.15, 0.2) is 42.7 Å². The van der Waals surface area contributed by atoms with Crippen LogP contribution in [0.2, 0.25) is 0 Å². The van der Waals surface area contributed by atoms with Gasteiger partial charge in [0.25, 0.3) is 0 Å². The summed E-state index contributed by atoms with van der Waals surface area (Å²) < 4.78 is 13.3. The normalized spacial score (nSPS) is 18.4. The first-order valence-electron chi connectivity index (χ1n) is 13.1. The molecular weight excluding hydrogens is 485 g/mol. The van der Waals surface area contributed by atoms with Crippen LogP contribution in [0.1, 0.15) is 47.0 Å². The number of hydrogen-bond acceptors (Lipinski definition) is 7. The number of phenols is 1. The van der Waals surface area contributed by atoms with Gasteiger partial charge in [0.2, 0.25) is 5.91 Å². The van der Waals surface area contributed by atoms with Crippen LogP contribution in [-0.2, 0) is 4.79 Å². The molecule has 1 aliphatic heterocycles. The fourth-order valence-electron chi connectivity index (χ4n) is 5.51. The van der Waals surface area contributed by atoms with Gasteiger partial charge in [-0.15, -0.1) is 10.2 Å². The molecule has 38 heavy (non-hydrogen) atoms. The SMILES string of the molecule is CC1(C)C(N(CCCF)c2ccc(-c3ccc(-c4cn[nH]c4)cc3O)nn2)CCN(C(=O)CCN)C1(C)C. The number of rotatable bonds is 9. The van der Waals surface area contributed by atoms with Gasteiger partial charge in [-0.25, -0.2) is 0 Å². The Bertz CT molecular complexity index is 1230. The van der Waals surface area contributed by atoms with E-state index in [1.807, 2.05) is 29.2 Å². The third-order valence-corrected chi connectivity index (χ3v) is 8.33.